The van der Waals surface area contributed by atoms with Crippen LogP contribution >= 0.6 is 0 Å². The number of benzene rings is 1. The molecule has 0 radical (unpaired) electrons. The molecule has 4 nitrogen and oxygen atoms in total. The van der Waals surface area contributed by atoms with Crippen molar-refractivity contribution in [2.45, 2.75) is 0 Å². The molecular weight excluding hydrogens is 252 g/mol. The van der Waals surface area contributed by atoms with Crippen molar-refractivity contribution in [3.63, 3.8) is 0 Å². The van der Waals surface area contributed by atoms with Gasteiger partial charge >= 0.3 is 0 Å². The maximum Gasteiger partial charge on any atom is 0.296 e. The number of rotatable bonds is 4. The molecule has 2 aromatic rings. The number of ketones is 1. The summed E-state index contributed by atoms with van der Waals surface area (Å²) in [5.74, 6) is 3.33. The van der Waals surface area contributed by atoms with Gasteiger partial charge in [0.2, 0.25) is 0 Å². The molecule has 1 aromatic heterocycles. The molecule has 0 unspecified atom stereocenters. The molecule has 0 aliphatic carbocycles. The molecule has 0 saturated carbocycles. The molecule has 20 heavy (non-hydrogen) atoms. The number of para-hydroxylation sites is 1. The van der Waals surface area contributed by atoms with E-state index in [1.54, 1.807) is 12.1 Å². The molecule has 1 amide bonds. The molecule has 0 spiro atoms. The Balaban J connectivity index is 2.33. The second kappa shape index (κ2) is 5.77. The first-order valence-corrected chi connectivity index (χ1v) is 5.95. The highest BCUT2D eigenvalue weighted by atomic mass is 16.2. The fraction of sp³-hybridized carbons (Fsp3) is 0.125. The molecule has 0 bridgehead atoms. The number of hydrogen-bond acceptors (Lipinski definition) is 2. The summed E-state index contributed by atoms with van der Waals surface area (Å²) in [5, 5.41) is 0.701. The SMILES string of the molecule is C#CCN(CC#C)C(=O)C(=O)c1c[nH]c2ccccc12. The van der Waals surface area contributed by atoms with E-state index in [9.17, 15) is 9.59 Å². The number of hydrogen-bond donors (Lipinski definition) is 1. The zero-order valence-corrected chi connectivity index (χ0v) is 10.7. The fourth-order valence-corrected chi connectivity index (χ4v) is 1.94. The maximum absolute atomic E-state index is 12.3. The quantitative estimate of drug-likeness (QED) is 0.516. The topological polar surface area (TPSA) is 53.2 Å². The molecule has 98 valence electrons. The highest BCUT2D eigenvalue weighted by Gasteiger charge is 2.24. The van der Waals surface area contributed by atoms with Gasteiger partial charge in [0, 0.05) is 17.1 Å². The van der Waals surface area contributed by atoms with Gasteiger partial charge in [-0.1, -0.05) is 30.0 Å². The fourth-order valence-electron chi connectivity index (χ4n) is 1.94. The monoisotopic (exact) mass is 264 g/mol. The first kappa shape index (κ1) is 13.5. The normalized spacial score (nSPS) is 9.70. The number of H-pyrrole nitrogens is 1. The molecule has 0 atom stereocenters. The van der Waals surface area contributed by atoms with E-state index in [1.807, 2.05) is 12.1 Å². The Kier molecular flexibility index (Phi) is 3.88. The van der Waals surface area contributed by atoms with Crippen molar-refractivity contribution in [1.82, 2.24) is 9.88 Å². The summed E-state index contributed by atoms with van der Waals surface area (Å²) in [7, 11) is 0. The van der Waals surface area contributed by atoms with Crippen LogP contribution in [-0.4, -0.2) is 34.7 Å². The van der Waals surface area contributed by atoms with Crippen LogP contribution in [0.1, 0.15) is 10.4 Å². The van der Waals surface area contributed by atoms with Crippen molar-refractivity contribution >= 4 is 22.6 Å². The number of terminal acetylenes is 2. The number of carbonyl (C=O) groups is 2. The molecule has 1 aromatic carbocycles. The van der Waals surface area contributed by atoms with Crippen LogP contribution in [0.3, 0.4) is 0 Å². The third-order valence-electron chi connectivity index (χ3n) is 2.88. The third kappa shape index (κ3) is 2.41. The second-order valence-electron chi connectivity index (χ2n) is 4.15. The van der Waals surface area contributed by atoms with Gasteiger partial charge in [0.05, 0.1) is 18.7 Å². The molecule has 0 fully saturated rings. The number of nitrogens with one attached hydrogen (secondary N) is 1. The number of aromatic nitrogens is 1. The van der Waals surface area contributed by atoms with Crippen LogP contribution in [-0.2, 0) is 4.79 Å². The minimum Gasteiger partial charge on any atom is -0.360 e. The standard InChI is InChI=1S/C16H12N2O2/c1-3-9-18(10-4-2)16(20)15(19)13-11-17-14-8-6-5-7-12(13)14/h1-2,5-8,11,17H,9-10H2. The number of fused-ring (bicyclic) bond motifs is 1. The van der Waals surface area contributed by atoms with Crippen molar-refractivity contribution in [1.29, 1.82) is 0 Å². The lowest BCUT2D eigenvalue weighted by Gasteiger charge is -2.15. The average Bonchev–Trinajstić information content (AvgIpc) is 2.89. The molecule has 1 N–H and O–H groups in total. The summed E-state index contributed by atoms with van der Waals surface area (Å²) in [5.41, 5.74) is 1.12. The van der Waals surface area contributed by atoms with Gasteiger partial charge in [0.1, 0.15) is 0 Å². The van der Waals surface area contributed by atoms with Gasteiger partial charge in [0.25, 0.3) is 11.7 Å². The highest BCUT2D eigenvalue weighted by molar-refractivity contribution is 6.44. The van der Waals surface area contributed by atoms with Crippen molar-refractivity contribution in [2.24, 2.45) is 0 Å². The lowest BCUT2D eigenvalue weighted by atomic mass is 10.1. The molecule has 4 heteroatoms. The molecule has 2 rings (SSSR count). The summed E-state index contributed by atoms with van der Waals surface area (Å²) in [6.45, 7) is 0.0221. The van der Waals surface area contributed by atoms with E-state index >= 15 is 0 Å². The Hall–Kier alpha value is -2.98. The Morgan fingerprint density at radius 2 is 1.80 bits per heavy atom. The Bertz CT molecular complexity index is 728. The van der Waals surface area contributed by atoms with Crippen molar-refractivity contribution in [2.75, 3.05) is 13.1 Å². The van der Waals surface area contributed by atoms with E-state index in [4.69, 9.17) is 12.8 Å². The van der Waals surface area contributed by atoms with Crippen LogP contribution in [0.2, 0.25) is 0 Å². The minimum atomic E-state index is -0.689. The Morgan fingerprint density at radius 3 is 2.45 bits per heavy atom. The third-order valence-corrected chi connectivity index (χ3v) is 2.88. The zero-order chi connectivity index (χ0) is 14.5. The maximum atomic E-state index is 12.3. The number of carbonyl (C=O) groups excluding carboxylic acids is 2. The van der Waals surface area contributed by atoms with Crippen molar-refractivity contribution < 1.29 is 9.59 Å². The number of aromatic amines is 1. The number of Topliss-reactive ketones (excluding diaryl/α,β-unsaturated/α-hetero) is 1. The zero-order valence-electron chi connectivity index (χ0n) is 10.7. The van der Waals surface area contributed by atoms with Crippen LogP contribution in [0.25, 0.3) is 10.9 Å². The van der Waals surface area contributed by atoms with Gasteiger partial charge in [-0.25, -0.2) is 0 Å². The van der Waals surface area contributed by atoms with Gasteiger partial charge in [-0.15, -0.1) is 12.8 Å². The van der Waals surface area contributed by atoms with Gasteiger partial charge < -0.3 is 9.88 Å². The van der Waals surface area contributed by atoms with Crippen molar-refractivity contribution in [3.8, 4) is 24.7 Å². The lowest BCUT2D eigenvalue weighted by molar-refractivity contribution is -0.125. The Labute approximate surface area is 116 Å². The van der Waals surface area contributed by atoms with E-state index in [-0.39, 0.29) is 13.1 Å². The largest absolute Gasteiger partial charge is 0.360 e. The van der Waals surface area contributed by atoms with Gasteiger partial charge in [-0.2, -0.15) is 0 Å². The first-order valence-electron chi connectivity index (χ1n) is 5.95. The molecule has 1 heterocycles. The first-order chi connectivity index (χ1) is 9.69. The molecule has 0 saturated heterocycles. The van der Waals surface area contributed by atoms with Crippen LogP contribution in [0.15, 0.2) is 30.5 Å². The van der Waals surface area contributed by atoms with Crippen LogP contribution < -0.4 is 0 Å². The minimum absolute atomic E-state index is 0.0110. The number of nitrogens with zero attached hydrogens (tertiary/aromatic N) is 1. The average molecular weight is 264 g/mol. The second-order valence-corrected chi connectivity index (χ2v) is 4.15. The van der Waals surface area contributed by atoms with E-state index in [0.29, 0.717) is 10.9 Å². The predicted octanol–water partition coefficient (Wildman–Crippen LogP) is 1.45. The van der Waals surface area contributed by atoms with Crippen LogP contribution in [0.4, 0.5) is 0 Å². The predicted molar refractivity (Wildman–Crippen MR) is 76.9 cm³/mol. The summed E-state index contributed by atoms with van der Waals surface area (Å²) in [6, 6.07) is 7.26. The van der Waals surface area contributed by atoms with Crippen molar-refractivity contribution in [3.05, 3.63) is 36.0 Å². The van der Waals surface area contributed by atoms with Gasteiger partial charge in [-0.3, -0.25) is 9.59 Å². The highest BCUT2D eigenvalue weighted by Crippen LogP contribution is 2.18. The lowest BCUT2D eigenvalue weighted by Crippen LogP contribution is -2.37. The van der Waals surface area contributed by atoms with E-state index < -0.39 is 11.7 Å². The molecule has 0 aliphatic heterocycles. The Morgan fingerprint density at radius 1 is 1.15 bits per heavy atom. The summed E-state index contributed by atoms with van der Waals surface area (Å²) >= 11 is 0. The number of amides is 1. The summed E-state index contributed by atoms with van der Waals surface area (Å²) in [4.78, 5) is 28.5. The molecule has 0 aliphatic rings. The van der Waals surface area contributed by atoms with Gasteiger partial charge in [-0.05, 0) is 6.07 Å². The molecular formula is C16H12N2O2. The smallest absolute Gasteiger partial charge is 0.296 e. The van der Waals surface area contributed by atoms with E-state index in [0.717, 1.165) is 5.52 Å². The van der Waals surface area contributed by atoms with Crippen LogP contribution in [0.5, 0.6) is 0 Å². The summed E-state index contributed by atoms with van der Waals surface area (Å²) in [6.07, 6.45) is 11.9. The summed E-state index contributed by atoms with van der Waals surface area (Å²) < 4.78 is 0. The van der Waals surface area contributed by atoms with E-state index in [2.05, 4.69) is 16.8 Å². The van der Waals surface area contributed by atoms with E-state index in [1.165, 1.54) is 11.1 Å². The van der Waals surface area contributed by atoms with Gasteiger partial charge in [0.15, 0.2) is 0 Å². The van der Waals surface area contributed by atoms with Crippen LogP contribution in [0, 0.1) is 24.7 Å².